The summed E-state index contributed by atoms with van der Waals surface area (Å²) in [6, 6.07) is 14.6. The number of hydrogen-bond acceptors (Lipinski definition) is 3. The molecule has 1 aliphatic rings. The third-order valence-corrected chi connectivity index (χ3v) is 5.11. The van der Waals surface area contributed by atoms with Gasteiger partial charge in [0.15, 0.2) is 0 Å². The van der Waals surface area contributed by atoms with E-state index < -0.39 is 0 Å². The van der Waals surface area contributed by atoms with Crippen LogP contribution in [0.2, 0.25) is 5.02 Å². The number of nitrogens with two attached hydrogens (primary N) is 1. The molecule has 0 spiro atoms. The summed E-state index contributed by atoms with van der Waals surface area (Å²) in [4.78, 5) is 28.9. The molecule has 1 fully saturated rings. The van der Waals surface area contributed by atoms with Gasteiger partial charge in [0.2, 0.25) is 5.91 Å². The minimum absolute atomic E-state index is 0. The van der Waals surface area contributed by atoms with Crippen LogP contribution in [0.5, 0.6) is 0 Å². The van der Waals surface area contributed by atoms with E-state index in [0.29, 0.717) is 49.6 Å². The van der Waals surface area contributed by atoms with Crippen molar-refractivity contribution in [3.63, 3.8) is 0 Å². The van der Waals surface area contributed by atoms with Crippen molar-refractivity contribution < 1.29 is 9.59 Å². The van der Waals surface area contributed by atoms with Crippen molar-refractivity contribution in [1.29, 1.82) is 0 Å². The SMILES string of the molecule is Cl.Nc1ccccc1CCC(=O)N1CCCN(C(=O)c2cccc(Cl)c2)CC1. The molecule has 1 heterocycles. The van der Waals surface area contributed by atoms with Crippen LogP contribution in [0.25, 0.3) is 0 Å². The number of para-hydroxylation sites is 1. The van der Waals surface area contributed by atoms with E-state index in [2.05, 4.69) is 0 Å². The fraction of sp³-hybridized carbons (Fsp3) is 0.333. The number of nitrogen functional groups attached to an aromatic ring is 1. The van der Waals surface area contributed by atoms with Gasteiger partial charge in [0, 0.05) is 48.9 Å². The first-order valence-electron chi connectivity index (χ1n) is 9.20. The molecular formula is C21H25Cl2N3O2. The minimum atomic E-state index is -0.0381. The summed E-state index contributed by atoms with van der Waals surface area (Å²) < 4.78 is 0. The predicted octanol–water partition coefficient (Wildman–Crippen LogP) is 3.65. The fourth-order valence-electron chi connectivity index (χ4n) is 3.34. The summed E-state index contributed by atoms with van der Waals surface area (Å²) in [5.74, 6) is 0.0687. The van der Waals surface area contributed by atoms with E-state index >= 15 is 0 Å². The van der Waals surface area contributed by atoms with E-state index in [9.17, 15) is 9.59 Å². The van der Waals surface area contributed by atoms with Crippen LogP contribution in [0.4, 0.5) is 5.69 Å². The molecule has 2 aromatic carbocycles. The van der Waals surface area contributed by atoms with Crippen LogP contribution in [-0.2, 0) is 11.2 Å². The van der Waals surface area contributed by atoms with Gasteiger partial charge in [0.05, 0.1) is 0 Å². The zero-order valence-corrected chi connectivity index (χ0v) is 17.2. The molecule has 150 valence electrons. The molecule has 0 unspecified atom stereocenters. The highest BCUT2D eigenvalue weighted by Crippen LogP contribution is 2.16. The first-order chi connectivity index (χ1) is 13.0. The summed E-state index contributed by atoms with van der Waals surface area (Å²) in [6.07, 6.45) is 1.83. The average molecular weight is 422 g/mol. The molecule has 7 heteroatoms. The number of carbonyl (C=O) groups excluding carboxylic acids is 2. The van der Waals surface area contributed by atoms with Crippen molar-refractivity contribution in [2.45, 2.75) is 19.3 Å². The second-order valence-electron chi connectivity index (χ2n) is 6.74. The van der Waals surface area contributed by atoms with E-state index in [1.165, 1.54) is 0 Å². The number of hydrogen-bond donors (Lipinski definition) is 1. The third-order valence-electron chi connectivity index (χ3n) is 4.87. The van der Waals surface area contributed by atoms with Crippen molar-refractivity contribution >= 4 is 41.5 Å². The van der Waals surface area contributed by atoms with E-state index in [-0.39, 0.29) is 24.2 Å². The van der Waals surface area contributed by atoms with Gasteiger partial charge in [0.25, 0.3) is 5.91 Å². The standard InChI is InChI=1S/C21H24ClN3O2.ClH/c22-18-7-3-6-17(15-18)21(27)25-12-4-11-24(13-14-25)20(26)10-9-16-5-1-2-8-19(16)23;/h1-3,5-8,15H,4,9-14,23H2;1H. The van der Waals surface area contributed by atoms with Crippen LogP contribution in [0.1, 0.15) is 28.8 Å². The first-order valence-corrected chi connectivity index (χ1v) is 9.58. The molecule has 0 aromatic heterocycles. The third kappa shape index (κ3) is 5.63. The molecule has 5 nitrogen and oxygen atoms in total. The van der Waals surface area contributed by atoms with Crippen molar-refractivity contribution in [3.05, 3.63) is 64.7 Å². The second-order valence-corrected chi connectivity index (χ2v) is 7.17. The summed E-state index contributed by atoms with van der Waals surface area (Å²) in [5, 5.41) is 0.549. The second kappa shape index (κ2) is 10.3. The van der Waals surface area contributed by atoms with Gasteiger partial charge in [-0.2, -0.15) is 0 Å². The number of halogens is 2. The predicted molar refractivity (Wildman–Crippen MR) is 115 cm³/mol. The Morgan fingerprint density at radius 1 is 0.964 bits per heavy atom. The van der Waals surface area contributed by atoms with Crippen molar-refractivity contribution in [1.82, 2.24) is 9.80 Å². The molecule has 0 atom stereocenters. The monoisotopic (exact) mass is 421 g/mol. The molecule has 2 amide bonds. The molecule has 0 bridgehead atoms. The highest BCUT2D eigenvalue weighted by atomic mass is 35.5. The number of amides is 2. The van der Waals surface area contributed by atoms with Crippen LogP contribution in [0.15, 0.2) is 48.5 Å². The van der Waals surface area contributed by atoms with Crippen LogP contribution in [0, 0.1) is 0 Å². The van der Waals surface area contributed by atoms with Crippen LogP contribution >= 0.6 is 24.0 Å². The number of anilines is 1. The summed E-state index contributed by atoms with van der Waals surface area (Å²) in [7, 11) is 0. The van der Waals surface area contributed by atoms with E-state index in [1.54, 1.807) is 29.2 Å². The molecule has 0 aliphatic carbocycles. The number of aryl methyl sites for hydroxylation is 1. The van der Waals surface area contributed by atoms with E-state index in [4.69, 9.17) is 17.3 Å². The van der Waals surface area contributed by atoms with Gasteiger partial charge in [-0.15, -0.1) is 12.4 Å². The molecule has 28 heavy (non-hydrogen) atoms. The lowest BCUT2D eigenvalue weighted by atomic mass is 10.1. The number of rotatable bonds is 4. The Hall–Kier alpha value is -2.24. The van der Waals surface area contributed by atoms with E-state index in [0.717, 1.165) is 17.7 Å². The summed E-state index contributed by atoms with van der Waals surface area (Å²) >= 11 is 5.99. The quantitative estimate of drug-likeness (QED) is 0.765. The number of carbonyl (C=O) groups is 2. The number of nitrogens with zero attached hydrogens (tertiary/aromatic N) is 2. The zero-order chi connectivity index (χ0) is 19.2. The highest BCUT2D eigenvalue weighted by molar-refractivity contribution is 6.30. The first kappa shape index (κ1) is 22.1. The molecular weight excluding hydrogens is 397 g/mol. The van der Waals surface area contributed by atoms with Gasteiger partial charge in [-0.3, -0.25) is 9.59 Å². The van der Waals surface area contributed by atoms with Gasteiger partial charge in [-0.05, 0) is 42.7 Å². The Morgan fingerprint density at radius 3 is 2.43 bits per heavy atom. The lowest BCUT2D eigenvalue weighted by Gasteiger charge is -2.22. The van der Waals surface area contributed by atoms with Crippen molar-refractivity contribution in [3.8, 4) is 0 Å². The Labute approximate surface area is 176 Å². The van der Waals surface area contributed by atoms with Gasteiger partial charge >= 0.3 is 0 Å². The van der Waals surface area contributed by atoms with Crippen molar-refractivity contribution in [2.24, 2.45) is 0 Å². The minimum Gasteiger partial charge on any atom is -0.399 e. The highest BCUT2D eigenvalue weighted by Gasteiger charge is 2.22. The van der Waals surface area contributed by atoms with Gasteiger partial charge in [0.1, 0.15) is 0 Å². The maximum absolute atomic E-state index is 12.7. The van der Waals surface area contributed by atoms with Gasteiger partial charge in [-0.25, -0.2) is 0 Å². The van der Waals surface area contributed by atoms with Crippen LogP contribution in [-0.4, -0.2) is 47.8 Å². The van der Waals surface area contributed by atoms with Crippen LogP contribution < -0.4 is 5.73 Å². The Kier molecular flexibility index (Phi) is 8.15. The summed E-state index contributed by atoms with van der Waals surface area (Å²) in [6.45, 7) is 2.39. The molecule has 3 rings (SSSR count). The molecule has 2 aromatic rings. The summed E-state index contributed by atoms with van der Waals surface area (Å²) in [5.41, 5.74) is 8.25. The Morgan fingerprint density at radius 2 is 1.68 bits per heavy atom. The van der Waals surface area contributed by atoms with Crippen LogP contribution in [0.3, 0.4) is 0 Å². The van der Waals surface area contributed by atoms with E-state index in [1.807, 2.05) is 29.2 Å². The lowest BCUT2D eigenvalue weighted by Crippen LogP contribution is -2.37. The molecule has 0 radical (unpaired) electrons. The lowest BCUT2D eigenvalue weighted by molar-refractivity contribution is -0.131. The normalized spacial score (nSPS) is 14.2. The van der Waals surface area contributed by atoms with Gasteiger partial charge < -0.3 is 15.5 Å². The average Bonchev–Trinajstić information content (AvgIpc) is 2.93. The topological polar surface area (TPSA) is 66.6 Å². The maximum Gasteiger partial charge on any atom is 0.253 e. The zero-order valence-electron chi connectivity index (χ0n) is 15.6. The Balaban J connectivity index is 0.00000280. The maximum atomic E-state index is 12.7. The van der Waals surface area contributed by atoms with Crippen molar-refractivity contribution in [2.75, 3.05) is 31.9 Å². The molecule has 0 saturated carbocycles. The Bertz CT molecular complexity index is 829. The van der Waals surface area contributed by atoms with Gasteiger partial charge in [-0.1, -0.05) is 35.9 Å². The smallest absolute Gasteiger partial charge is 0.253 e. The molecule has 1 aliphatic heterocycles. The number of benzene rings is 2. The largest absolute Gasteiger partial charge is 0.399 e. The fourth-order valence-corrected chi connectivity index (χ4v) is 3.53. The molecule has 1 saturated heterocycles. The molecule has 2 N–H and O–H groups in total.